The number of benzene rings is 1. The van der Waals surface area contributed by atoms with Crippen molar-refractivity contribution in [2.45, 2.75) is 51.0 Å². The second-order valence-corrected chi connectivity index (χ2v) is 9.63. The van der Waals surface area contributed by atoms with Crippen LogP contribution in [0.15, 0.2) is 30.7 Å². The van der Waals surface area contributed by atoms with E-state index in [-0.39, 0.29) is 5.91 Å². The smallest absolute Gasteiger partial charge is 0.251 e. The number of H-pyrrole nitrogens is 1. The molecule has 2 N–H and O–H groups in total. The van der Waals surface area contributed by atoms with Crippen LogP contribution in [0.3, 0.4) is 0 Å². The summed E-state index contributed by atoms with van der Waals surface area (Å²) in [4.78, 5) is 29.4. The largest absolute Gasteiger partial charge is 0.381 e. The lowest BCUT2D eigenvalue weighted by atomic mass is 9.73. The van der Waals surface area contributed by atoms with Crippen LogP contribution in [0.4, 0.5) is 11.6 Å². The lowest BCUT2D eigenvalue weighted by Gasteiger charge is -2.52. The number of aryl methyl sites for hydroxylation is 1. The molecule has 0 radical (unpaired) electrons. The third-order valence-electron chi connectivity index (χ3n) is 7.65. The van der Waals surface area contributed by atoms with E-state index in [9.17, 15) is 4.79 Å². The third kappa shape index (κ3) is 3.55. The fourth-order valence-corrected chi connectivity index (χ4v) is 5.45. The molecule has 1 amide bonds. The van der Waals surface area contributed by atoms with E-state index in [0.29, 0.717) is 11.7 Å². The van der Waals surface area contributed by atoms with Crippen LogP contribution in [0.1, 0.15) is 44.1 Å². The Kier molecular flexibility index (Phi) is 5.28. The van der Waals surface area contributed by atoms with Gasteiger partial charge in [0.25, 0.3) is 5.91 Å². The molecule has 0 atom stereocenters. The number of carbonyl (C=O) groups is 1. The Morgan fingerprint density at radius 1 is 1.21 bits per heavy atom. The van der Waals surface area contributed by atoms with E-state index in [0.717, 1.165) is 92.3 Å². The van der Waals surface area contributed by atoms with Gasteiger partial charge in [-0.05, 0) is 63.0 Å². The van der Waals surface area contributed by atoms with Gasteiger partial charge in [-0.1, -0.05) is 12.1 Å². The maximum Gasteiger partial charge on any atom is 0.251 e. The topological polar surface area (TPSA) is 109 Å². The van der Waals surface area contributed by atoms with Gasteiger partial charge in [0.2, 0.25) is 0 Å². The van der Waals surface area contributed by atoms with Crippen molar-refractivity contribution in [3.8, 4) is 22.6 Å². The van der Waals surface area contributed by atoms with Crippen LogP contribution >= 0.6 is 0 Å². The Balaban J connectivity index is 1.34. The first-order valence-corrected chi connectivity index (χ1v) is 12.1. The first-order valence-electron chi connectivity index (χ1n) is 12.1. The Morgan fingerprint density at radius 3 is 2.76 bits per heavy atom. The Labute approximate surface area is 198 Å². The molecule has 3 aromatic rings. The molecule has 1 saturated heterocycles. The molecular weight excluding hydrogens is 430 g/mol. The zero-order valence-electron chi connectivity index (χ0n) is 19.4. The zero-order valence-corrected chi connectivity index (χ0v) is 19.4. The van der Waals surface area contributed by atoms with Gasteiger partial charge in [0.05, 0.1) is 11.9 Å². The van der Waals surface area contributed by atoms with Gasteiger partial charge in [-0.3, -0.25) is 9.89 Å². The second kappa shape index (κ2) is 8.47. The predicted molar refractivity (Wildman–Crippen MR) is 128 cm³/mol. The highest BCUT2D eigenvalue weighted by Crippen LogP contribution is 2.46. The number of nitrogens with zero attached hydrogens (tertiary/aromatic N) is 5. The van der Waals surface area contributed by atoms with Crippen LogP contribution in [0.25, 0.3) is 22.6 Å². The average Bonchev–Trinajstić information content (AvgIpc) is 3.37. The van der Waals surface area contributed by atoms with Crippen molar-refractivity contribution >= 4 is 17.5 Å². The van der Waals surface area contributed by atoms with Gasteiger partial charge in [-0.15, -0.1) is 0 Å². The number of carbonyl (C=O) groups excluding carboxylic acids is 1. The molecule has 34 heavy (non-hydrogen) atoms. The molecule has 0 bridgehead atoms. The molecule has 2 fully saturated rings. The van der Waals surface area contributed by atoms with E-state index >= 15 is 0 Å². The van der Waals surface area contributed by atoms with Gasteiger partial charge >= 0.3 is 0 Å². The summed E-state index contributed by atoms with van der Waals surface area (Å²) in [5.41, 5.74) is 3.39. The minimum absolute atomic E-state index is 0.0628. The van der Waals surface area contributed by atoms with Crippen molar-refractivity contribution in [3.05, 3.63) is 36.3 Å². The minimum atomic E-state index is -0.489. The molecule has 9 heteroatoms. The summed E-state index contributed by atoms with van der Waals surface area (Å²) in [6.07, 6.45) is 9.26. The third-order valence-corrected chi connectivity index (χ3v) is 7.65. The predicted octanol–water partition coefficient (Wildman–Crippen LogP) is 3.74. The van der Waals surface area contributed by atoms with Crippen molar-refractivity contribution in [3.63, 3.8) is 0 Å². The van der Waals surface area contributed by atoms with Gasteiger partial charge in [0.15, 0.2) is 17.5 Å². The average molecular weight is 460 g/mol. The number of nitrogens with one attached hydrogen (secondary N) is 2. The molecule has 4 heterocycles. The van der Waals surface area contributed by atoms with Gasteiger partial charge in [0.1, 0.15) is 11.9 Å². The van der Waals surface area contributed by atoms with Crippen LogP contribution in [0, 0.1) is 12.8 Å². The highest BCUT2D eigenvalue weighted by Gasteiger charge is 2.53. The molecule has 9 nitrogen and oxygen atoms in total. The number of anilines is 2. The monoisotopic (exact) mass is 459 g/mol. The summed E-state index contributed by atoms with van der Waals surface area (Å²) >= 11 is 0. The summed E-state index contributed by atoms with van der Waals surface area (Å²) in [5.74, 6) is 2.78. The van der Waals surface area contributed by atoms with E-state index in [1.165, 1.54) is 6.33 Å². The summed E-state index contributed by atoms with van der Waals surface area (Å²) in [5, 5.41) is 9.90. The summed E-state index contributed by atoms with van der Waals surface area (Å²) in [6.45, 7) is 4.54. The van der Waals surface area contributed by atoms with E-state index in [1.807, 2.05) is 6.07 Å². The standard InChI is InChI=1S/C25H29N7O2/c1-16-13-18(21-27-15-28-31-21)3-4-19(16)20-14-26-22-23(29-20)32(10-5-17-6-11-34-12-7-17)25(8-2-9-25)24(33)30-22/h3-4,13-15,17H,2,5-12H2,1H3,(H,26,30,33)(H,27,28,31). The highest BCUT2D eigenvalue weighted by atomic mass is 16.5. The molecule has 1 spiro atoms. The van der Waals surface area contributed by atoms with Crippen molar-refractivity contribution < 1.29 is 9.53 Å². The Bertz CT molecular complexity index is 1200. The van der Waals surface area contributed by atoms with Crippen LogP contribution in [0.2, 0.25) is 0 Å². The number of fused-ring (bicyclic) bond motifs is 1. The lowest BCUT2D eigenvalue weighted by Crippen LogP contribution is -2.64. The van der Waals surface area contributed by atoms with Crippen molar-refractivity contribution in [2.24, 2.45) is 5.92 Å². The minimum Gasteiger partial charge on any atom is -0.381 e. The maximum absolute atomic E-state index is 13.1. The number of ether oxygens (including phenoxy) is 1. The Morgan fingerprint density at radius 2 is 2.06 bits per heavy atom. The molecule has 1 saturated carbocycles. The number of aromatic nitrogens is 5. The summed E-state index contributed by atoms with van der Waals surface area (Å²) in [6, 6.07) is 6.15. The number of hydrogen-bond acceptors (Lipinski definition) is 7. The molecule has 2 aromatic heterocycles. The normalized spacial score (nSPS) is 19.6. The van der Waals surface area contributed by atoms with E-state index in [4.69, 9.17) is 9.72 Å². The fraction of sp³-hybridized carbons (Fsp3) is 0.480. The van der Waals surface area contributed by atoms with Gasteiger partial charge < -0.3 is 15.0 Å². The molecule has 6 rings (SSSR count). The molecule has 176 valence electrons. The summed E-state index contributed by atoms with van der Waals surface area (Å²) < 4.78 is 5.54. The first-order chi connectivity index (χ1) is 16.6. The highest BCUT2D eigenvalue weighted by molar-refractivity contribution is 6.05. The number of hydrogen-bond donors (Lipinski definition) is 2. The fourth-order valence-electron chi connectivity index (χ4n) is 5.45. The van der Waals surface area contributed by atoms with Crippen LogP contribution in [-0.2, 0) is 9.53 Å². The molecule has 0 unspecified atom stereocenters. The number of amides is 1. The first kappa shape index (κ1) is 21.2. The summed E-state index contributed by atoms with van der Waals surface area (Å²) in [7, 11) is 0. The van der Waals surface area contributed by atoms with Crippen LogP contribution in [-0.4, -0.2) is 56.4 Å². The van der Waals surface area contributed by atoms with Gasteiger partial charge in [0, 0.05) is 30.9 Å². The van der Waals surface area contributed by atoms with E-state index in [1.54, 1.807) is 6.20 Å². The van der Waals surface area contributed by atoms with E-state index < -0.39 is 5.54 Å². The zero-order chi connectivity index (χ0) is 23.1. The molecule has 1 aromatic carbocycles. The molecule has 3 aliphatic rings. The van der Waals surface area contributed by atoms with Crippen molar-refractivity contribution in [1.82, 2.24) is 25.1 Å². The molecular formula is C25H29N7O2. The van der Waals surface area contributed by atoms with Crippen LogP contribution in [0.5, 0.6) is 0 Å². The SMILES string of the molecule is Cc1cc(-c2ncn[nH]2)ccc1-c1cnc2c(n1)N(CCC1CCOCC1)C1(CCC1)C(=O)N2. The van der Waals surface area contributed by atoms with Gasteiger partial charge in [-0.25, -0.2) is 15.0 Å². The van der Waals surface area contributed by atoms with Crippen molar-refractivity contribution in [1.29, 1.82) is 0 Å². The quantitative estimate of drug-likeness (QED) is 0.598. The maximum atomic E-state index is 13.1. The molecule has 2 aliphatic heterocycles. The van der Waals surface area contributed by atoms with E-state index in [2.05, 4.69) is 49.4 Å². The number of aromatic amines is 1. The molecule has 1 aliphatic carbocycles. The second-order valence-electron chi connectivity index (χ2n) is 9.63. The van der Waals surface area contributed by atoms with Crippen molar-refractivity contribution in [2.75, 3.05) is 30.0 Å². The van der Waals surface area contributed by atoms with Gasteiger partial charge in [-0.2, -0.15) is 5.10 Å². The lowest BCUT2D eigenvalue weighted by molar-refractivity contribution is -0.124. The van der Waals surface area contributed by atoms with Crippen LogP contribution < -0.4 is 10.2 Å². The Hall–Kier alpha value is -3.33. The number of rotatable bonds is 5.